The van der Waals surface area contributed by atoms with Crippen molar-refractivity contribution >= 4 is 5.91 Å². The molecule has 2 aromatic rings. The fourth-order valence-electron chi connectivity index (χ4n) is 5.32. The number of carbonyl (C=O) groups excluding carboxylic acids is 1. The van der Waals surface area contributed by atoms with Gasteiger partial charge in [-0.2, -0.15) is 5.10 Å². The fourth-order valence-corrected chi connectivity index (χ4v) is 5.32. The predicted molar refractivity (Wildman–Crippen MR) is 105 cm³/mol. The van der Waals surface area contributed by atoms with E-state index in [1.165, 1.54) is 16.8 Å². The molecular formula is C22H28N4O. The standard InChI is InChI=1S/C22H28N4O/c1-2-14-6-9-16(10-7-14)26-20-5-3-4-17(20)21(24-26)22(27)25-12-15-8-11-19(23)18(15)13-25/h6-7,9-10,15,18-19H,2-5,8,11-13,23H2,1H3. The van der Waals surface area contributed by atoms with E-state index in [9.17, 15) is 4.79 Å². The topological polar surface area (TPSA) is 64.2 Å². The van der Waals surface area contributed by atoms with E-state index in [4.69, 9.17) is 10.8 Å². The zero-order valence-electron chi connectivity index (χ0n) is 16.0. The van der Waals surface area contributed by atoms with E-state index in [-0.39, 0.29) is 11.9 Å². The molecule has 1 aliphatic heterocycles. The molecule has 2 N–H and O–H groups in total. The lowest BCUT2D eigenvalue weighted by Gasteiger charge is -2.18. The lowest BCUT2D eigenvalue weighted by Crippen LogP contribution is -2.34. The maximum Gasteiger partial charge on any atom is 0.274 e. The molecule has 1 aromatic carbocycles. The minimum Gasteiger partial charge on any atom is -0.337 e. The van der Waals surface area contributed by atoms with E-state index in [0.29, 0.717) is 17.5 Å². The zero-order valence-corrected chi connectivity index (χ0v) is 16.0. The zero-order chi connectivity index (χ0) is 18.5. The molecular weight excluding hydrogens is 336 g/mol. The van der Waals surface area contributed by atoms with Crippen molar-refractivity contribution in [2.45, 2.75) is 51.5 Å². The first-order valence-corrected chi connectivity index (χ1v) is 10.4. The van der Waals surface area contributed by atoms with Gasteiger partial charge in [0.05, 0.1) is 5.69 Å². The molecule has 1 aromatic heterocycles. The van der Waals surface area contributed by atoms with Gasteiger partial charge in [-0.25, -0.2) is 4.68 Å². The minimum atomic E-state index is 0.110. The van der Waals surface area contributed by atoms with Crippen LogP contribution in [-0.4, -0.2) is 39.7 Å². The highest BCUT2D eigenvalue weighted by Crippen LogP contribution is 2.38. The summed E-state index contributed by atoms with van der Waals surface area (Å²) in [5, 5.41) is 4.81. The lowest BCUT2D eigenvalue weighted by atomic mass is 9.98. The number of aromatic nitrogens is 2. The van der Waals surface area contributed by atoms with Crippen LogP contribution in [0.5, 0.6) is 0 Å². The molecule has 0 spiro atoms. The van der Waals surface area contributed by atoms with Crippen LogP contribution in [0.3, 0.4) is 0 Å². The number of carbonyl (C=O) groups is 1. The average molecular weight is 364 g/mol. The average Bonchev–Trinajstić information content (AvgIpc) is 3.44. The third-order valence-corrected chi connectivity index (χ3v) is 6.92. The van der Waals surface area contributed by atoms with Gasteiger partial charge in [-0.1, -0.05) is 19.1 Å². The van der Waals surface area contributed by atoms with Gasteiger partial charge in [0, 0.05) is 30.4 Å². The van der Waals surface area contributed by atoms with Crippen LogP contribution >= 0.6 is 0 Å². The van der Waals surface area contributed by atoms with Crippen LogP contribution in [0.15, 0.2) is 24.3 Å². The van der Waals surface area contributed by atoms with Crippen LogP contribution in [0.25, 0.3) is 5.69 Å². The molecule has 2 fully saturated rings. The van der Waals surface area contributed by atoms with Crippen molar-refractivity contribution in [2.24, 2.45) is 17.6 Å². The number of fused-ring (bicyclic) bond motifs is 2. The number of hydrogen-bond donors (Lipinski definition) is 1. The smallest absolute Gasteiger partial charge is 0.274 e. The second kappa shape index (κ2) is 6.48. The Labute approximate surface area is 160 Å². The molecule has 5 rings (SSSR count). The highest BCUT2D eigenvalue weighted by atomic mass is 16.2. The number of aryl methyl sites for hydroxylation is 1. The van der Waals surface area contributed by atoms with Crippen molar-refractivity contribution in [2.75, 3.05) is 13.1 Å². The predicted octanol–water partition coefficient (Wildman–Crippen LogP) is 2.73. The van der Waals surface area contributed by atoms with Gasteiger partial charge < -0.3 is 10.6 Å². The molecule has 3 unspecified atom stereocenters. The second-order valence-corrected chi connectivity index (χ2v) is 8.43. The SMILES string of the molecule is CCc1ccc(-n2nc(C(=O)N3CC4CCC(N)C4C3)c3c2CCC3)cc1. The number of likely N-dealkylation sites (tertiary alicyclic amines) is 1. The first kappa shape index (κ1) is 17.0. The van der Waals surface area contributed by atoms with E-state index in [1.54, 1.807) is 0 Å². The van der Waals surface area contributed by atoms with Gasteiger partial charge in [-0.05, 0) is 68.1 Å². The maximum atomic E-state index is 13.3. The fraction of sp³-hybridized carbons (Fsp3) is 0.545. The van der Waals surface area contributed by atoms with E-state index in [2.05, 4.69) is 31.2 Å². The summed E-state index contributed by atoms with van der Waals surface area (Å²) >= 11 is 0. The van der Waals surface area contributed by atoms with Gasteiger partial charge in [-0.15, -0.1) is 0 Å². The number of rotatable bonds is 3. The Morgan fingerprint density at radius 1 is 1.19 bits per heavy atom. The highest BCUT2D eigenvalue weighted by Gasteiger charge is 2.43. The molecule has 27 heavy (non-hydrogen) atoms. The molecule has 3 atom stereocenters. The van der Waals surface area contributed by atoms with E-state index >= 15 is 0 Å². The maximum absolute atomic E-state index is 13.3. The number of nitrogens with two attached hydrogens (primary N) is 1. The Kier molecular flexibility index (Phi) is 4.08. The first-order valence-electron chi connectivity index (χ1n) is 10.4. The summed E-state index contributed by atoms with van der Waals surface area (Å²) in [6.45, 7) is 3.82. The number of amides is 1. The van der Waals surface area contributed by atoms with Crippen LogP contribution in [0.1, 0.15) is 53.5 Å². The Morgan fingerprint density at radius 2 is 2.00 bits per heavy atom. The summed E-state index contributed by atoms with van der Waals surface area (Å²) in [7, 11) is 0. The first-order chi connectivity index (χ1) is 13.2. The van der Waals surface area contributed by atoms with E-state index < -0.39 is 0 Å². The van der Waals surface area contributed by atoms with Crippen LogP contribution in [0, 0.1) is 11.8 Å². The van der Waals surface area contributed by atoms with Gasteiger partial charge in [0.15, 0.2) is 5.69 Å². The van der Waals surface area contributed by atoms with Crippen LogP contribution in [0.4, 0.5) is 0 Å². The molecule has 1 saturated carbocycles. The van der Waals surface area contributed by atoms with Crippen molar-refractivity contribution in [1.29, 1.82) is 0 Å². The lowest BCUT2D eigenvalue weighted by molar-refractivity contribution is 0.0772. The van der Waals surface area contributed by atoms with Gasteiger partial charge in [0.25, 0.3) is 5.91 Å². The molecule has 1 amide bonds. The Hall–Kier alpha value is -2.14. The monoisotopic (exact) mass is 364 g/mol. The van der Waals surface area contributed by atoms with Crippen LogP contribution in [-0.2, 0) is 19.3 Å². The van der Waals surface area contributed by atoms with Crippen LogP contribution < -0.4 is 5.73 Å². The summed E-state index contributed by atoms with van der Waals surface area (Å²) in [5.41, 5.74) is 11.7. The van der Waals surface area contributed by atoms with Crippen molar-refractivity contribution in [3.05, 3.63) is 46.8 Å². The molecule has 0 radical (unpaired) electrons. The van der Waals surface area contributed by atoms with Gasteiger partial charge in [0.2, 0.25) is 0 Å². The van der Waals surface area contributed by atoms with Gasteiger partial charge in [-0.3, -0.25) is 4.79 Å². The van der Waals surface area contributed by atoms with Crippen molar-refractivity contribution < 1.29 is 4.79 Å². The van der Waals surface area contributed by atoms with Crippen molar-refractivity contribution in [3.8, 4) is 5.69 Å². The molecule has 2 heterocycles. The number of benzene rings is 1. The summed E-state index contributed by atoms with van der Waals surface area (Å²) in [4.78, 5) is 15.3. The van der Waals surface area contributed by atoms with Crippen molar-refractivity contribution in [1.82, 2.24) is 14.7 Å². The Balaban J connectivity index is 1.46. The molecule has 1 saturated heterocycles. The van der Waals surface area contributed by atoms with E-state index in [0.717, 1.165) is 57.3 Å². The third-order valence-electron chi connectivity index (χ3n) is 6.92. The molecule has 5 heteroatoms. The summed E-state index contributed by atoms with van der Waals surface area (Å²) < 4.78 is 2.01. The molecule has 2 aliphatic carbocycles. The van der Waals surface area contributed by atoms with Crippen LogP contribution in [0.2, 0.25) is 0 Å². The molecule has 0 bridgehead atoms. The number of nitrogens with zero attached hydrogens (tertiary/aromatic N) is 3. The van der Waals surface area contributed by atoms with E-state index in [1.807, 2.05) is 9.58 Å². The highest BCUT2D eigenvalue weighted by molar-refractivity contribution is 5.94. The summed E-state index contributed by atoms with van der Waals surface area (Å²) in [6.07, 6.45) is 6.36. The Morgan fingerprint density at radius 3 is 2.74 bits per heavy atom. The molecule has 5 nitrogen and oxygen atoms in total. The minimum absolute atomic E-state index is 0.110. The van der Waals surface area contributed by atoms with Crippen molar-refractivity contribution in [3.63, 3.8) is 0 Å². The van der Waals surface area contributed by atoms with Gasteiger partial charge in [0.1, 0.15) is 0 Å². The number of hydrogen-bond acceptors (Lipinski definition) is 3. The Bertz CT molecular complexity index is 869. The molecule has 142 valence electrons. The summed E-state index contributed by atoms with van der Waals surface area (Å²) in [6, 6.07) is 8.81. The van der Waals surface area contributed by atoms with Gasteiger partial charge >= 0.3 is 0 Å². The third kappa shape index (κ3) is 2.71. The largest absolute Gasteiger partial charge is 0.337 e. The second-order valence-electron chi connectivity index (χ2n) is 8.43. The molecule has 3 aliphatic rings. The quantitative estimate of drug-likeness (QED) is 0.911. The summed E-state index contributed by atoms with van der Waals surface area (Å²) in [5.74, 6) is 1.17. The normalized spacial score (nSPS) is 26.4.